The molecule has 2 saturated carbocycles. The highest BCUT2D eigenvalue weighted by atomic mass is 32.2. The van der Waals surface area contributed by atoms with Crippen molar-refractivity contribution >= 4 is 10.0 Å². The van der Waals surface area contributed by atoms with Crippen LogP contribution in [-0.2, 0) is 10.0 Å². The van der Waals surface area contributed by atoms with Gasteiger partial charge in [0.25, 0.3) is 15.2 Å². The molecule has 3 rings (SSSR count). The number of nitrogens with two attached hydrogens (primary N) is 1. The zero-order valence-electron chi connectivity index (χ0n) is 10.9. The van der Waals surface area contributed by atoms with Gasteiger partial charge in [-0.1, -0.05) is 25.7 Å². The molecule has 0 spiro atoms. The number of hydrogen-bond acceptors (Lipinski definition) is 4. The van der Waals surface area contributed by atoms with Gasteiger partial charge in [0.2, 0.25) is 0 Å². The summed E-state index contributed by atoms with van der Waals surface area (Å²) in [7, 11) is -3.80. The number of sulfonamides is 1. The first-order chi connectivity index (χ1) is 9.04. The van der Waals surface area contributed by atoms with Crippen molar-refractivity contribution in [2.45, 2.75) is 56.0 Å². The number of hydrogen-bond donors (Lipinski definition) is 2. The average Bonchev–Trinajstić information content (AvgIpc) is 2.87. The zero-order valence-corrected chi connectivity index (χ0v) is 11.7. The minimum absolute atomic E-state index is 0.284. The minimum Gasteiger partial charge on any atom is -0.262 e. The Kier molecular flexibility index (Phi) is 3.34. The summed E-state index contributed by atoms with van der Waals surface area (Å²) in [5.74, 6) is 2.64. The largest absolute Gasteiger partial charge is 0.282 e. The topological polar surface area (TPSA) is 102 Å². The van der Waals surface area contributed by atoms with Gasteiger partial charge in [-0.05, 0) is 31.1 Å². The van der Waals surface area contributed by atoms with Gasteiger partial charge in [-0.15, -0.1) is 5.10 Å². The number of primary sulfonamides is 1. The molecular formula is C12H20N4O2S. The van der Waals surface area contributed by atoms with Gasteiger partial charge < -0.3 is 0 Å². The molecule has 19 heavy (non-hydrogen) atoms. The Hall–Kier alpha value is -0.950. The number of rotatable bonds is 2. The van der Waals surface area contributed by atoms with E-state index in [1.807, 2.05) is 0 Å². The molecule has 7 heteroatoms. The fourth-order valence-electron chi connectivity index (χ4n) is 3.69. The predicted octanol–water partition coefficient (Wildman–Crippen LogP) is 1.53. The molecule has 0 bridgehead atoms. The second-order valence-electron chi connectivity index (χ2n) is 5.86. The minimum atomic E-state index is -3.80. The third-order valence-corrected chi connectivity index (χ3v) is 5.35. The van der Waals surface area contributed by atoms with Gasteiger partial charge in [0.1, 0.15) is 5.82 Å². The Morgan fingerprint density at radius 3 is 2.53 bits per heavy atom. The van der Waals surface area contributed by atoms with Crippen molar-refractivity contribution in [2.75, 3.05) is 0 Å². The summed E-state index contributed by atoms with van der Waals surface area (Å²) in [6.45, 7) is 0. The van der Waals surface area contributed by atoms with E-state index in [1.54, 1.807) is 0 Å². The second kappa shape index (κ2) is 4.86. The molecule has 3 N–H and O–H groups in total. The third-order valence-electron chi connectivity index (χ3n) is 4.66. The van der Waals surface area contributed by atoms with E-state index >= 15 is 0 Å². The van der Waals surface area contributed by atoms with Gasteiger partial charge in [-0.25, -0.2) is 18.5 Å². The summed E-state index contributed by atoms with van der Waals surface area (Å²) in [6.07, 6.45) is 8.75. The Balaban J connectivity index is 1.74. The highest BCUT2D eigenvalue weighted by Gasteiger charge is 2.34. The lowest BCUT2D eigenvalue weighted by atomic mass is 9.67. The van der Waals surface area contributed by atoms with Crippen LogP contribution >= 0.6 is 0 Å². The van der Waals surface area contributed by atoms with Crippen LogP contribution in [0.3, 0.4) is 0 Å². The Bertz CT molecular complexity index is 554. The molecule has 0 aliphatic heterocycles. The van der Waals surface area contributed by atoms with E-state index in [1.165, 1.54) is 32.1 Å². The highest BCUT2D eigenvalue weighted by Crippen LogP contribution is 2.45. The first kappa shape index (κ1) is 13.1. The molecule has 2 fully saturated rings. The summed E-state index contributed by atoms with van der Waals surface area (Å²) in [5.41, 5.74) is 0. The monoisotopic (exact) mass is 284 g/mol. The molecule has 2 aliphatic rings. The SMILES string of the molecule is NS(=O)(=O)c1n[nH]c(C2CCC3CCCCC3C2)n1. The summed E-state index contributed by atoms with van der Waals surface area (Å²) in [5, 5.41) is 11.2. The number of fused-ring (bicyclic) bond motifs is 1. The van der Waals surface area contributed by atoms with Crippen molar-refractivity contribution in [3.63, 3.8) is 0 Å². The van der Waals surface area contributed by atoms with Gasteiger partial charge in [0.15, 0.2) is 0 Å². The van der Waals surface area contributed by atoms with Crippen molar-refractivity contribution in [2.24, 2.45) is 17.0 Å². The molecule has 1 heterocycles. The van der Waals surface area contributed by atoms with Crippen LogP contribution in [-0.4, -0.2) is 23.6 Å². The van der Waals surface area contributed by atoms with Crippen LogP contribution in [0.5, 0.6) is 0 Å². The summed E-state index contributed by atoms with van der Waals surface area (Å²) < 4.78 is 22.4. The van der Waals surface area contributed by atoms with Crippen LogP contribution in [0.4, 0.5) is 0 Å². The van der Waals surface area contributed by atoms with Gasteiger partial charge in [-0.2, -0.15) is 0 Å². The highest BCUT2D eigenvalue weighted by molar-refractivity contribution is 7.89. The van der Waals surface area contributed by atoms with Gasteiger partial charge in [0, 0.05) is 5.92 Å². The maximum absolute atomic E-state index is 11.2. The lowest BCUT2D eigenvalue weighted by Gasteiger charge is -2.38. The number of H-pyrrole nitrogens is 1. The lowest BCUT2D eigenvalue weighted by molar-refractivity contribution is 0.153. The van der Waals surface area contributed by atoms with Crippen LogP contribution in [0.25, 0.3) is 0 Å². The van der Waals surface area contributed by atoms with E-state index < -0.39 is 10.0 Å². The Morgan fingerprint density at radius 2 is 1.84 bits per heavy atom. The van der Waals surface area contributed by atoms with Crippen LogP contribution in [0.1, 0.15) is 56.7 Å². The molecule has 1 aromatic heterocycles. The summed E-state index contributed by atoms with van der Waals surface area (Å²) >= 11 is 0. The molecule has 0 saturated heterocycles. The summed E-state index contributed by atoms with van der Waals surface area (Å²) in [4.78, 5) is 4.06. The normalized spacial score (nSPS) is 31.9. The molecule has 0 radical (unpaired) electrons. The van der Waals surface area contributed by atoms with E-state index in [0.717, 1.165) is 24.7 Å². The number of nitrogens with zero attached hydrogens (tertiary/aromatic N) is 2. The van der Waals surface area contributed by atoms with E-state index in [-0.39, 0.29) is 5.16 Å². The molecule has 106 valence electrons. The molecule has 2 aliphatic carbocycles. The predicted molar refractivity (Wildman–Crippen MR) is 69.8 cm³/mol. The van der Waals surface area contributed by atoms with E-state index in [4.69, 9.17) is 5.14 Å². The molecule has 3 atom stereocenters. The molecule has 6 nitrogen and oxygen atoms in total. The third kappa shape index (κ3) is 2.67. The number of aromatic amines is 1. The van der Waals surface area contributed by atoms with Crippen molar-refractivity contribution < 1.29 is 8.42 Å². The Labute approximate surface area is 113 Å². The van der Waals surface area contributed by atoms with Crippen LogP contribution < -0.4 is 5.14 Å². The van der Waals surface area contributed by atoms with Gasteiger partial charge in [-0.3, -0.25) is 5.10 Å². The second-order valence-corrected chi connectivity index (χ2v) is 7.32. The van der Waals surface area contributed by atoms with Crippen molar-refractivity contribution in [1.82, 2.24) is 15.2 Å². The number of nitrogens with one attached hydrogen (secondary N) is 1. The number of aromatic nitrogens is 3. The van der Waals surface area contributed by atoms with Crippen LogP contribution in [0, 0.1) is 11.8 Å². The van der Waals surface area contributed by atoms with Crippen molar-refractivity contribution in [3.05, 3.63) is 5.82 Å². The molecule has 0 amide bonds. The zero-order chi connectivity index (χ0) is 13.5. The fourth-order valence-corrected chi connectivity index (χ4v) is 4.09. The average molecular weight is 284 g/mol. The lowest BCUT2D eigenvalue weighted by Crippen LogP contribution is -2.27. The van der Waals surface area contributed by atoms with Gasteiger partial charge >= 0.3 is 0 Å². The molecule has 1 aromatic rings. The Morgan fingerprint density at radius 1 is 1.11 bits per heavy atom. The molecular weight excluding hydrogens is 264 g/mol. The van der Waals surface area contributed by atoms with Crippen LogP contribution in [0.15, 0.2) is 5.16 Å². The fraction of sp³-hybridized carbons (Fsp3) is 0.833. The molecule has 3 unspecified atom stereocenters. The van der Waals surface area contributed by atoms with Crippen molar-refractivity contribution in [3.8, 4) is 0 Å². The first-order valence-electron chi connectivity index (χ1n) is 6.99. The smallest absolute Gasteiger partial charge is 0.262 e. The van der Waals surface area contributed by atoms with E-state index in [0.29, 0.717) is 11.7 Å². The first-order valence-corrected chi connectivity index (χ1v) is 8.54. The van der Waals surface area contributed by atoms with Crippen molar-refractivity contribution in [1.29, 1.82) is 0 Å². The van der Waals surface area contributed by atoms with Crippen LogP contribution in [0.2, 0.25) is 0 Å². The standard InChI is InChI=1S/C12H20N4O2S/c13-19(17,18)12-14-11(15-16-12)10-6-5-8-3-1-2-4-9(8)7-10/h8-10H,1-7H2,(H2,13,17,18)(H,14,15,16). The maximum Gasteiger partial charge on any atom is 0.282 e. The summed E-state index contributed by atoms with van der Waals surface area (Å²) in [6, 6.07) is 0. The van der Waals surface area contributed by atoms with E-state index in [9.17, 15) is 8.42 Å². The quantitative estimate of drug-likeness (QED) is 0.859. The molecule has 0 aromatic carbocycles. The van der Waals surface area contributed by atoms with Gasteiger partial charge in [0.05, 0.1) is 0 Å². The maximum atomic E-state index is 11.2. The van der Waals surface area contributed by atoms with E-state index in [2.05, 4.69) is 15.2 Å².